The highest BCUT2D eigenvalue weighted by atomic mass is 16.7. The molecule has 2 saturated heterocycles. The average Bonchev–Trinajstić information content (AvgIpc) is 3.25. The molecule has 0 saturated carbocycles. The summed E-state index contributed by atoms with van der Waals surface area (Å²) < 4.78 is 34.1. The van der Waals surface area contributed by atoms with Gasteiger partial charge < -0.3 is 64.2 Å². The molecule has 2 rings (SSSR count). The molecule has 356 valence electrons. The van der Waals surface area contributed by atoms with Gasteiger partial charge in [-0.1, -0.05) is 121 Å². The third-order valence-electron chi connectivity index (χ3n) is 11.1. The predicted octanol–water partition coefficient (Wildman–Crippen LogP) is 5.85. The Bertz CT molecular complexity index is 1150. The summed E-state index contributed by atoms with van der Waals surface area (Å²) in [5.74, 6) is -0.394. The van der Waals surface area contributed by atoms with Crippen LogP contribution in [0.2, 0.25) is 0 Å². The lowest BCUT2D eigenvalue weighted by molar-refractivity contribution is -0.332. The number of unbranched alkanes of at least 4 members (excludes halogenated alkanes) is 16. The molecule has 0 aromatic heterocycles. The van der Waals surface area contributed by atoms with Gasteiger partial charge in [0.05, 0.1) is 26.4 Å². The minimum absolute atomic E-state index is 0.0516. The number of carbonyl (C=O) groups excluding carboxylic acids is 1. The molecule has 7 N–H and O–H groups in total. The van der Waals surface area contributed by atoms with Crippen LogP contribution in [0, 0.1) is 0 Å². The van der Waals surface area contributed by atoms with Crippen LogP contribution in [-0.2, 0) is 33.2 Å². The van der Waals surface area contributed by atoms with Crippen LogP contribution in [0.1, 0.15) is 155 Å². The highest BCUT2D eigenvalue weighted by Crippen LogP contribution is 2.26. The third kappa shape index (κ3) is 24.2. The van der Waals surface area contributed by atoms with Crippen molar-refractivity contribution in [3.05, 3.63) is 36.5 Å². The molecule has 0 aliphatic carbocycles. The maximum Gasteiger partial charge on any atom is 0.306 e. The van der Waals surface area contributed by atoms with Crippen molar-refractivity contribution in [2.24, 2.45) is 0 Å². The zero-order chi connectivity index (χ0) is 44.5. The first-order chi connectivity index (χ1) is 29.6. The standard InChI is InChI=1S/C47H84O14/c1-3-5-7-9-11-13-15-17-18-20-22-24-26-28-30-39(49)59-36(33-56-31-29-27-25-23-21-19-16-14-12-10-8-6-4-2)34-57-46-45(55)43(53)41(51)38(61-46)35-58-47-44(54)42(52)40(50)37(32-48)60-47/h9,11-12,14-15,17,36-38,40-48,50-55H,3-8,10,13,16,18-35H2,1-2H3/b11-9-,14-12-,17-15-. The number of allylic oxidation sites excluding steroid dienone is 6. The van der Waals surface area contributed by atoms with Crippen LogP contribution < -0.4 is 0 Å². The fourth-order valence-electron chi connectivity index (χ4n) is 7.18. The van der Waals surface area contributed by atoms with Gasteiger partial charge in [-0.05, 0) is 64.2 Å². The molecule has 0 amide bonds. The Morgan fingerprint density at radius 3 is 1.64 bits per heavy atom. The second-order valence-corrected chi connectivity index (χ2v) is 16.6. The number of hydrogen-bond donors (Lipinski definition) is 7. The van der Waals surface area contributed by atoms with Crippen molar-refractivity contribution in [1.29, 1.82) is 0 Å². The lowest BCUT2D eigenvalue weighted by Crippen LogP contribution is -2.61. The Morgan fingerprint density at radius 2 is 1.03 bits per heavy atom. The van der Waals surface area contributed by atoms with Crippen molar-refractivity contribution in [2.75, 3.05) is 33.0 Å². The Morgan fingerprint density at radius 1 is 0.541 bits per heavy atom. The van der Waals surface area contributed by atoms with E-state index in [4.69, 9.17) is 28.4 Å². The van der Waals surface area contributed by atoms with E-state index in [1.165, 1.54) is 57.8 Å². The Balaban J connectivity index is 1.82. The molecular formula is C47H84O14. The van der Waals surface area contributed by atoms with E-state index in [1.807, 2.05) is 0 Å². The van der Waals surface area contributed by atoms with Crippen LogP contribution in [0.5, 0.6) is 0 Å². The number of esters is 1. The molecule has 0 aromatic rings. The molecule has 0 bridgehead atoms. The third-order valence-corrected chi connectivity index (χ3v) is 11.1. The number of aliphatic hydroxyl groups is 7. The van der Waals surface area contributed by atoms with Crippen molar-refractivity contribution in [2.45, 2.75) is 223 Å². The minimum Gasteiger partial charge on any atom is -0.457 e. The van der Waals surface area contributed by atoms with Gasteiger partial charge in [-0.2, -0.15) is 0 Å². The van der Waals surface area contributed by atoms with Gasteiger partial charge >= 0.3 is 5.97 Å². The molecule has 0 aromatic carbocycles. The molecule has 2 aliphatic heterocycles. The fourth-order valence-corrected chi connectivity index (χ4v) is 7.18. The molecule has 2 fully saturated rings. The second kappa shape index (κ2) is 35.5. The van der Waals surface area contributed by atoms with Crippen LogP contribution in [-0.4, -0.2) is 142 Å². The van der Waals surface area contributed by atoms with Gasteiger partial charge in [0, 0.05) is 13.0 Å². The quantitative estimate of drug-likeness (QED) is 0.0224. The smallest absolute Gasteiger partial charge is 0.306 e. The topological polar surface area (TPSA) is 214 Å². The zero-order valence-corrected chi connectivity index (χ0v) is 37.4. The molecule has 14 heteroatoms. The number of hydrogen-bond acceptors (Lipinski definition) is 14. The summed E-state index contributed by atoms with van der Waals surface area (Å²) >= 11 is 0. The second-order valence-electron chi connectivity index (χ2n) is 16.6. The van der Waals surface area contributed by atoms with Gasteiger partial charge in [-0.3, -0.25) is 4.79 Å². The summed E-state index contributed by atoms with van der Waals surface area (Å²) in [5, 5.41) is 71.9. The lowest BCUT2D eigenvalue weighted by atomic mass is 9.98. The van der Waals surface area contributed by atoms with Gasteiger partial charge in [-0.25, -0.2) is 0 Å². The molecule has 0 spiro atoms. The summed E-state index contributed by atoms with van der Waals surface area (Å²) in [5.41, 5.74) is 0. The van der Waals surface area contributed by atoms with Crippen molar-refractivity contribution in [1.82, 2.24) is 0 Å². The maximum absolute atomic E-state index is 12.9. The molecule has 2 aliphatic rings. The first-order valence-electron chi connectivity index (χ1n) is 23.6. The van der Waals surface area contributed by atoms with E-state index in [9.17, 15) is 40.5 Å². The van der Waals surface area contributed by atoms with Crippen LogP contribution in [0.4, 0.5) is 0 Å². The number of ether oxygens (including phenoxy) is 6. The molecule has 2 heterocycles. The maximum atomic E-state index is 12.9. The number of carbonyl (C=O) groups is 1. The number of rotatable bonds is 36. The van der Waals surface area contributed by atoms with E-state index in [2.05, 4.69) is 50.3 Å². The van der Waals surface area contributed by atoms with E-state index < -0.39 is 86.7 Å². The van der Waals surface area contributed by atoms with Crippen LogP contribution in [0.15, 0.2) is 36.5 Å². The lowest BCUT2D eigenvalue weighted by Gasteiger charge is -2.42. The van der Waals surface area contributed by atoms with Crippen molar-refractivity contribution >= 4 is 5.97 Å². The van der Waals surface area contributed by atoms with E-state index in [1.54, 1.807) is 0 Å². The Kier molecular flexibility index (Phi) is 32.2. The van der Waals surface area contributed by atoms with Crippen LogP contribution in [0.25, 0.3) is 0 Å². The van der Waals surface area contributed by atoms with E-state index in [-0.39, 0.29) is 19.6 Å². The highest BCUT2D eigenvalue weighted by Gasteiger charge is 2.47. The van der Waals surface area contributed by atoms with E-state index in [0.29, 0.717) is 13.0 Å². The molecule has 61 heavy (non-hydrogen) atoms. The first-order valence-corrected chi connectivity index (χ1v) is 23.6. The molecule has 14 nitrogen and oxygen atoms in total. The molecule has 11 unspecified atom stereocenters. The van der Waals surface area contributed by atoms with Gasteiger partial charge in [0.1, 0.15) is 54.9 Å². The zero-order valence-electron chi connectivity index (χ0n) is 37.4. The summed E-state index contributed by atoms with van der Waals surface area (Å²) in [7, 11) is 0. The van der Waals surface area contributed by atoms with Crippen molar-refractivity contribution in [3.8, 4) is 0 Å². The summed E-state index contributed by atoms with van der Waals surface area (Å²) in [4.78, 5) is 12.9. The van der Waals surface area contributed by atoms with E-state index >= 15 is 0 Å². The van der Waals surface area contributed by atoms with Gasteiger partial charge in [0.15, 0.2) is 12.6 Å². The van der Waals surface area contributed by atoms with Crippen LogP contribution >= 0.6 is 0 Å². The average molecular weight is 873 g/mol. The Hall–Kier alpha value is -1.79. The summed E-state index contributed by atoms with van der Waals surface area (Å²) in [6.45, 7) is 3.57. The highest BCUT2D eigenvalue weighted by molar-refractivity contribution is 5.69. The van der Waals surface area contributed by atoms with Gasteiger partial charge in [0.25, 0.3) is 0 Å². The van der Waals surface area contributed by atoms with Crippen LogP contribution in [0.3, 0.4) is 0 Å². The largest absolute Gasteiger partial charge is 0.457 e. The van der Waals surface area contributed by atoms with E-state index in [0.717, 1.165) is 70.6 Å². The fraction of sp³-hybridized carbons (Fsp3) is 0.851. The molecular weight excluding hydrogens is 789 g/mol. The normalized spacial score (nSPS) is 27.8. The monoisotopic (exact) mass is 873 g/mol. The number of aliphatic hydroxyl groups excluding tert-OH is 7. The molecule has 11 atom stereocenters. The SMILES string of the molecule is CCCC/C=C\C/C=C\CCCCCCCC(=O)OC(COCCCCCCCC/C=C\CCCCC)COC1OC(COC2OC(CO)C(O)C(O)C2O)C(O)C(O)C1O. The molecule has 0 radical (unpaired) electrons. The predicted molar refractivity (Wildman–Crippen MR) is 233 cm³/mol. The summed E-state index contributed by atoms with van der Waals surface area (Å²) in [6, 6.07) is 0. The van der Waals surface area contributed by atoms with Crippen molar-refractivity contribution in [3.63, 3.8) is 0 Å². The first kappa shape index (κ1) is 55.3. The minimum atomic E-state index is -1.71. The summed E-state index contributed by atoms with van der Waals surface area (Å²) in [6.07, 6.45) is 20.6. The Labute approximate surface area is 366 Å². The van der Waals surface area contributed by atoms with Crippen molar-refractivity contribution < 1.29 is 69.0 Å². The van der Waals surface area contributed by atoms with Gasteiger partial charge in [-0.15, -0.1) is 0 Å². The van der Waals surface area contributed by atoms with Gasteiger partial charge in [0.2, 0.25) is 0 Å².